The summed E-state index contributed by atoms with van der Waals surface area (Å²) in [5.74, 6) is 1.76. The molecule has 5 heteroatoms. The summed E-state index contributed by atoms with van der Waals surface area (Å²) in [6.07, 6.45) is 1.10. The summed E-state index contributed by atoms with van der Waals surface area (Å²) in [6, 6.07) is 11.4. The molecule has 0 bridgehead atoms. The monoisotopic (exact) mass is 360 g/mol. The average molecular weight is 360 g/mol. The third-order valence-electron chi connectivity index (χ3n) is 4.49. The van der Waals surface area contributed by atoms with Gasteiger partial charge in [-0.2, -0.15) is 0 Å². The van der Waals surface area contributed by atoms with Gasteiger partial charge in [0.1, 0.15) is 24.7 Å². The van der Waals surface area contributed by atoms with Crippen LogP contribution in [0.5, 0.6) is 11.5 Å². The lowest BCUT2D eigenvalue weighted by atomic mass is 9.99. The first-order valence-electron chi connectivity index (χ1n) is 8.95. The Kier molecular flexibility index (Phi) is 7.91. The van der Waals surface area contributed by atoms with Crippen LogP contribution in [-0.2, 0) is 19.8 Å². The van der Waals surface area contributed by atoms with Crippen molar-refractivity contribution in [3.63, 3.8) is 0 Å². The minimum Gasteiger partial charge on any atom is -0.490 e. The van der Waals surface area contributed by atoms with Crippen LogP contribution in [0, 0.1) is 0 Å². The van der Waals surface area contributed by atoms with Crippen molar-refractivity contribution in [2.45, 2.75) is 46.0 Å². The summed E-state index contributed by atoms with van der Waals surface area (Å²) in [6.45, 7) is 4.38. The molecular weight excluding hydrogens is 332 g/mol. The molecular formula is C21H28O5. The number of benzene rings is 2. The van der Waals surface area contributed by atoms with Gasteiger partial charge in [-0.1, -0.05) is 26.0 Å². The van der Waals surface area contributed by atoms with E-state index in [1.807, 2.05) is 12.1 Å². The molecule has 1 atom stereocenters. The van der Waals surface area contributed by atoms with E-state index in [0.717, 1.165) is 12.2 Å². The molecule has 0 amide bonds. The van der Waals surface area contributed by atoms with E-state index in [2.05, 4.69) is 26.0 Å². The zero-order chi connectivity index (χ0) is 18.9. The van der Waals surface area contributed by atoms with E-state index >= 15 is 0 Å². The van der Waals surface area contributed by atoms with Crippen LogP contribution in [-0.4, -0.2) is 28.5 Å². The fourth-order valence-corrected chi connectivity index (χ4v) is 2.77. The Morgan fingerprint density at radius 2 is 1.42 bits per heavy atom. The SMILES string of the molecule is CCC(C)c1ccc(OCCOc2c(CO)cc(CO)cc2CO)cc1. The zero-order valence-corrected chi connectivity index (χ0v) is 15.4. The molecule has 2 aromatic rings. The quantitative estimate of drug-likeness (QED) is 0.567. The first-order chi connectivity index (χ1) is 12.6. The van der Waals surface area contributed by atoms with Gasteiger partial charge in [0.2, 0.25) is 0 Å². The van der Waals surface area contributed by atoms with E-state index in [1.165, 1.54) is 5.56 Å². The molecule has 0 saturated heterocycles. The molecule has 0 aliphatic heterocycles. The zero-order valence-electron chi connectivity index (χ0n) is 15.4. The summed E-state index contributed by atoms with van der Waals surface area (Å²) in [7, 11) is 0. The van der Waals surface area contributed by atoms with E-state index in [9.17, 15) is 15.3 Å². The molecule has 26 heavy (non-hydrogen) atoms. The fourth-order valence-electron chi connectivity index (χ4n) is 2.77. The van der Waals surface area contributed by atoms with E-state index in [1.54, 1.807) is 12.1 Å². The van der Waals surface area contributed by atoms with Gasteiger partial charge < -0.3 is 24.8 Å². The molecule has 2 rings (SSSR count). The Bertz CT molecular complexity index is 656. The molecule has 0 saturated carbocycles. The summed E-state index contributed by atoms with van der Waals surface area (Å²) < 4.78 is 11.4. The van der Waals surface area contributed by atoms with E-state index in [0.29, 0.717) is 35.0 Å². The minimum absolute atomic E-state index is 0.157. The smallest absolute Gasteiger partial charge is 0.130 e. The van der Waals surface area contributed by atoms with E-state index in [4.69, 9.17) is 9.47 Å². The van der Waals surface area contributed by atoms with Crippen LogP contribution >= 0.6 is 0 Å². The van der Waals surface area contributed by atoms with Crippen molar-refractivity contribution in [3.05, 3.63) is 58.7 Å². The standard InChI is InChI=1S/C21H28O5/c1-3-15(2)17-4-6-20(7-5-17)25-8-9-26-21-18(13-23)10-16(12-22)11-19(21)14-24/h4-7,10-11,15,22-24H,3,8-9,12-14H2,1-2H3. The Balaban J connectivity index is 1.93. The topological polar surface area (TPSA) is 79.2 Å². The normalized spacial score (nSPS) is 12.0. The second-order valence-corrected chi connectivity index (χ2v) is 6.29. The highest BCUT2D eigenvalue weighted by atomic mass is 16.5. The second kappa shape index (κ2) is 10.2. The van der Waals surface area contributed by atoms with Crippen LogP contribution in [0.25, 0.3) is 0 Å². The lowest BCUT2D eigenvalue weighted by molar-refractivity contribution is 0.202. The number of rotatable bonds is 10. The van der Waals surface area contributed by atoms with Gasteiger partial charge in [0.25, 0.3) is 0 Å². The first kappa shape index (κ1) is 20.2. The van der Waals surface area contributed by atoms with Crippen molar-refractivity contribution >= 4 is 0 Å². The number of hydrogen-bond acceptors (Lipinski definition) is 5. The molecule has 0 spiro atoms. The van der Waals surface area contributed by atoms with Crippen LogP contribution in [0.15, 0.2) is 36.4 Å². The van der Waals surface area contributed by atoms with Crippen LogP contribution in [0.4, 0.5) is 0 Å². The van der Waals surface area contributed by atoms with Crippen LogP contribution in [0.1, 0.15) is 48.4 Å². The van der Waals surface area contributed by atoms with Gasteiger partial charge in [-0.05, 0) is 47.7 Å². The third-order valence-corrected chi connectivity index (χ3v) is 4.49. The molecule has 3 N–H and O–H groups in total. The van der Waals surface area contributed by atoms with Crippen LogP contribution in [0.3, 0.4) is 0 Å². The van der Waals surface area contributed by atoms with E-state index < -0.39 is 0 Å². The molecule has 0 aliphatic rings. The van der Waals surface area contributed by atoms with Gasteiger partial charge in [-0.3, -0.25) is 0 Å². The summed E-state index contributed by atoms with van der Waals surface area (Å²) in [4.78, 5) is 0. The molecule has 0 aliphatic carbocycles. The molecule has 142 valence electrons. The van der Waals surface area contributed by atoms with Crippen molar-refractivity contribution in [3.8, 4) is 11.5 Å². The Hall–Kier alpha value is -2.08. The predicted octanol–water partition coefficient (Wildman–Crippen LogP) is 3.13. The molecule has 0 radical (unpaired) electrons. The largest absolute Gasteiger partial charge is 0.490 e. The highest BCUT2D eigenvalue weighted by Gasteiger charge is 2.12. The lowest BCUT2D eigenvalue weighted by Crippen LogP contribution is -2.12. The van der Waals surface area contributed by atoms with Gasteiger partial charge in [0.05, 0.1) is 19.8 Å². The lowest BCUT2D eigenvalue weighted by Gasteiger charge is -2.16. The van der Waals surface area contributed by atoms with Crippen molar-refractivity contribution in [2.24, 2.45) is 0 Å². The van der Waals surface area contributed by atoms with Crippen molar-refractivity contribution in [2.75, 3.05) is 13.2 Å². The van der Waals surface area contributed by atoms with E-state index in [-0.39, 0.29) is 26.4 Å². The van der Waals surface area contributed by atoms with Crippen molar-refractivity contribution in [1.29, 1.82) is 0 Å². The van der Waals surface area contributed by atoms with Gasteiger partial charge in [0, 0.05) is 11.1 Å². The fraction of sp³-hybridized carbons (Fsp3) is 0.429. The Labute approximate surface area is 154 Å². The predicted molar refractivity (Wildman–Crippen MR) is 100 cm³/mol. The maximum absolute atomic E-state index is 9.51. The average Bonchev–Trinajstić information content (AvgIpc) is 2.70. The number of ether oxygens (including phenoxy) is 2. The molecule has 2 aromatic carbocycles. The highest BCUT2D eigenvalue weighted by molar-refractivity contribution is 5.44. The summed E-state index contributed by atoms with van der Waals surface area (Å²) >= 11 is 0. The first-order valence-corrected chi connectivity index (χ1v) is 8.95. The third kappa shape index (κ3) is 5.21. The molecule has 1 unspecified atom stereocenters. The summed E-state index contributed by atoms with van der Waals surface area (Å²) in [5.41, 5.74) is 3.00. The highest BCUT2D eigenvalue weighted by Crippen LogP contribution is 2.27. The van der Waals surface area contributed by atoms with Gasteiger partial charge in [-0.25, -0.2) is 0 Å². The maximum atomic E-state index is 9.51. The van der Waals surface area contributed by atoms with Gasteiger partial charge in [-0.15, -0.1) is 0 Å². The van der Waals surface area contributed by atoms with Crippen LogP contribution < -0.4 is 9.47 Å². The molecule has 5 nitrogen and oxygen atoms in total. The Morgan fingerprint density at radius 3 is 1.92 bits per heavy atom. The molecule has 0 heterocycles. The molecule has 0 aromatic heterocycles. The van der Waals surface area contributed by atoms with Crippen LogP contribution in [0.2, 0.25) is 0 Å². The number of aliphatic hydroxyl groups is 3. The maximum Gasteiger partial charge on any atom is 0.130 e. The van der Waals surface area contributed by atoms with Crippen molar-refractivity contribution < 1.29 is 24.8 Å². The molecule has 0 fully saturated rings. The van der Waals surface area contributed by atoms with Gasteiger partial charge >= 0.3 is 0 Å². The number of aliphatic hydroxyl groups excluding tert-OH is 3. The minimum atomic E-state index is -0.228. The number of hydrogen-bond donors (Lipinski definition) is 3. The van der Waals surface area contributed by atoms with Gasteiger partial charge in [0.15, 0.2) is 0 Å². The second-order valence-electron chi connectivity index (χ2n) is 6.29. The van der Waals surface area contributed by atoms with Crippen molar-refractivity contribution in [1.82, 2.24) is 0 Å². The summed E-state index contributed by atoms with van der Waals surface area (Å²) in [5, 5.41) is 28.3. The Morgan fingerprint density at radius 1 is 0.846 bits per heavy atom.